The largest absolute Gasteiger partial charge is 0.377 e. The van der Waals surface area contributed by atoms with E-state index >= 15 is 0 Å². The molecule has 0 radical (unpaired) electrons. The van der Waals surface area contributed by atoms with Gasteiger partial charge in [-0.1, -0.05) is 11.6 Å². The van der Waals surface area contributed by atoms with Crippen molar-refractivity contribution in [2.75, 3.05) is 6.54 Å². The van der Waals surface area contributed by atoms with Crippen LogP contribution in [0, 0.1) is 10.1 Å². The number of aliphatic hydroxyl groups excluding tert-OH is 1. The molecule has 1 unspecified atom stereocenters. The second-order valence-electron chi connectivity index (χ2n) is 1.28. The lowest BCUT2D eigenvalue weighted by atomic mass is 10.5. The Labute approximate surface area is 51.2 Å². The van der Waals surface area contributed by atoms with Crippen LogP contribution in [0.15, 0.2) is 0 Å². The molecule has 4 nitrogen and oxygen atoms in total. The average molecular weight is 140 g/mol. The summed E-state index contributed by atoms with van der Waals surface area (Å²) in [6.45, 7) is -0.273. The molecule has 0 amide bonds. The molecule has 8 heavy (non-hydrogen) atoms. The lowest BCUT2D eigenvalue weighted by Crippen LogP contribution is -2.07. The first kappa shape index (κ1) is 7.65. The second kappa shape index (κ2) is 3.63. The number of nitrogens with zero attached hydrogens (tertiary/aromatic N) is 1. The van der Waals surface area contributed by atoms with E-state index in [2.05, 4.69) is 0 Å². The van der Waals surface area contributed by atoms with Gasteiger partial charge in [-0.05, 0) is 0 Å². The molecule has 1 N–H and O–H groups in total. The molecule has 48 valence electrons. The summed E-state index contributed by atoms with van der Waals surface area (Å²) in [7, 11) is 0. The fourth-order valence-electron chi connectivity index (χ4n) is 0.212. The zero-order chi connectivity index (χ0) is 6.57. The number of nitro groups is 1. The monoisotopic (exact) mass is 139 g/mol. The Morgan fingerprint density at radius 1 is 1.88 bits per heavy atom. The fourth-order valence-corrected chi connectivity index (χ4v) is 0.310. The van der Waals surface area contributed by atoms with Crippen molar-refractivity contribution in [2.45, 2.75) is 12.0 Å². The van der Waals surface area contributed by atoms with Gasteiger partial charge in [-0.25, -0.2) is 0 Å². The molecule has 0 bridgehead atoms. The summed E-state index contributed by atoms with van der Waals surface area (Å²) in [6.07, 6.45) is 0.00849. The van der Waals surface area contributed by atoms with E-state index in [9.17, 15) is 10.1 Å². The van der Waals surface area contributed by atoms with Crippen LogP contribution in [0.5, 0.6) is 0 Å². The van der Waals surface area contributed by atoms with Crippen LogP contribution in [0.4, 0.5) is 0 Å². The van der Waals surface area contributed by atoms with Gasteiger partial charge in [-0.15, -0.1) is 0 Å². The minimum absolute atomic E-state index is 0.00849. The lowest BCUT2D eigenvalue weighted by Gasteiger charge is -1.93. The van der Waals surface area contributed by atoms with E-state index in [1.807, 2.05) is 0 Å². The Hall–Kier alpha value is -0.350. The second-order valence-corrected chi connectivity index (χ2v) is 1.78. The van der Waals surface area contributed by atoms with Crippen LogP contribution in [-0.2, 0) is 0 Å². The maximum Gasteiger partial charge on any atom is 0.207 e. The lowest BCUT2D eigenvalue weighted by molar-refractivity contribution is -0.481. The highest BCUT2D eigenvalue weighted by Gasteiger charge is 2.02. The third kappa shape index (κ3) is 5.65. The molecule has 0 aliphatic carbocycles. The van der Waals surface area contributed by atoms with E-state index in [-0.39, 0.29) is 13.0 Å². The van der Waals surface area contributed by atoms with Crippen LogP contribution in [0.1, 0.15) is 6.42 Å². The molecule has 0 aliphatic heterocycles. The van der Waals surface area contributed by atoms with Crippen molar-refractivity contribution in [2.24, 2.45) is 0 Å². The van der Waals surface area contributed by atoms with Gasteiger partial charge >= 0.3 is 0 Å². The SMILES string of the molecule is O=[N+]([O-])CCC(O)Cl. The van der Waals surface area contributed by atoms with E-state index in [1.54, 1.807) is 0 Å². The van der Waals surface area contributed by atoms with Crippen LogP contribution in [0.25, 0.3) is 0 Å². The molecule has 0 saturated heterocycles. The highest BCUT2D eigenvalue weighted by atomic mass is 35.5. The molecule has 0 spiro atoms. The highest BCUT2D eigenvalue weighted by molar-refractivity contribution is 6.19. The minimum atomic E-state index is -1.08. The molecule has 0 aliphatic rings. The van der Waals surface area contributed by atoms with Gasteiger partial charge in [0.05, 0.1) is 6.42 Å². The van der Waals surface area contributed by atoms with Crippen molar-refractivity contribution in [3.63, 3.8) is 0 Å². The number of halogens is 1. The summed E-state index contributed by atoms with van der Waals surface area (Å²) < 4.78 is 0. The van der Waals surface area contributed by atoms with E-state index < -0.39 is 10.5 Å². The maximum atomic E-state index is 9.54. The Kier molecular flexibility index (Phi) is 3.47. The number of hydrogen-bond donors (Lipinski definition) is 1. The summed E-state index contributed by atoms with van der Waals surface area (Å²) in [4.78, 5) is 9.02. The van der Waals surface area contributed by atoms with E-state index in [0.29, 0.717) is 0 Å². The Morgan fingerprint density at radius 3 is 2.50 bits per heavy atom. The molecule has 0 aromatic heterocycles. The van der Waals surface area contributed by atoms with Gasteiger partial charge in [0.25, 0.3) is 0 Å². The fraction of sp³-hybridized carbons (Fsp3) is 1.00. The van der Waals surface area contributed by atoms with Crippen LogP contribution in [-0.4, -0.2) is 22.1 Å². The molecule has 5 heteroatoms. The van der Waals surface area contributed by atoms with Gasteiger partial charge in [-0.2, -0.15) is 0 Å². The van der Waals surface area contributed by atoms with Gasteiger partial charge in [-0.3, -0.25) is 10.1 Å². The van der Waals surface area contributed by atoms with Crippen molar-refractivity contribution < 1.29 is 10.0 Å². The topological polar surface area (TPSA) is 63.4 Å². The average Bonchev–Trinajstić information content (AvgIpc) is 1.61. The van der Waals surface area contributed by atoms with Crippen molar-refractivity contribution >= 4 is 11.6 Å². The minimum Gasteiger partial charge on any atom is -0.377 e. The molecule has 0 rings (SSSR count). The first-order chi connectivity index (χ1) is 3.63. The molecule has 0 fully saturated rings. The molecule has 0 aromatic carbocycles. The van der Waals surface area contributed by atoms with Crippen molar-refractivity contribution in [3.8, 4) is 0 Å². The predicted molar refractivity (Wildman–Crippen MR) is 28.3 cm³/mol. The van der Waals surface area contributed by atoms with Crippen LogP contribution < -0.4 is 0 Å². The maximum absolute atomic E-state index is 9.54. The van der Waals surface area contributed by atoms with Gasteiger partial charge < -0.3 is 5.11 Å². The molecular weight excluding hydrogens is 133 g/mol. The molecule has 0 aromatic rings. The van der Waals surface area contributed by atoms with E-state index in [1.165, 1.54) is 0 Å². The number of hydrogen-bond acceptors (Lipinski definition) is 3. The summed E-state index contributed by atoms with van der Waals surface area (Å²) in [5.41, 5.74) is -1.08. The number of alkyl halides is 1. The first-order valence-electron chi connectivity index (χ1n) is 2.07. The smallest absolute Gasteiger partial charge is 0.207 e. The molecule has 1 atom stereocenters. The summed E-state index contributed by atoms with van der Waals surface area (Å²) in [5, 5.41) is 17.8. The number of rotatable bonds is 3. The van der Waals surface area contributed by atoms with Gasteiger partial charge in [0.15, 0.2) is 0 Å². The van der Waals surface area contributed by atoms with Gasteiger partial charge in [0, 0.05) is 4.92 Å². The predicted octanol–water partition coefficient (Wildman–Crippen LogP) is 0.210. The molecule has 0 saturated carbocycles. The van der Waals surface area contributed by atoms with E-state index in [4.69, 9.17) is 16.7 Å². The van der Waals surface area contributed by atoms with Crippen molar-refractivity contribution in [1.29, 1.82) is 0 Å². The van der Waals surface area contributed by atoms with Crippen LogP contribution in [0.2, 0.25) is 0 Å². The summed E-state index contributed by atoms with van der Waals surface area (Å²) >= 11 is 4.97. The summed E-state index contributed by atoms with van der Waals surface area (Å²) in [6, 6.07) is 0. The van der Waals surface area contributed by atoms with Crippen LogP contribution in [0.3, 0.4) is 0 Å². The van der Waals surface area contributed by atoms with Gasteiger partial charge in [0.2, 0.25) is 6.54 Å². The highest BCUT2D eigenvalue weighted by Crippen LogP contribution is 1.94. The summed E-state index contributed by atoms with van der Waals surface area (Å²) in [5.74, 6) is 0. The molecule has 0 heterocycles. The Morgan fingerprint density at radius 2 is 2.38 bits per heavy atom. The first-order valence-corrected chi connectivity index (χ1v) is 2.50. The van der Waals surface area contributed by atoms with Crippen molar-refractivity contribution in [3.05, 3.63) is 10.1 Å². The van der Waals surface area contributed by atoms with E-state index in [0.717, 1.165) is 0 Å². The zero-order valence-electron chi connectivity index (χ0n) is 4.08. The standard InChI is InChI=1S/C3H6ClNO3/c4-3(6)1-2-5(7)8/h3,6H,1-2H2. The normalized spacial score (nSPS) is 13.2. The molecular formula is C3H6ClNO3. The third-order valence-corrected chi connectivity index (χ3v) is 0.768. The van der Waals surface area contributed by atoms with Crippen LogP contribution >= 0.6 is 11.6 Å². The van der Waals surface area contributed by atoms with Crippen molar-refractivity contribution in [1.82, 2.24) is 0 Å². The Bertz CT molecular complexity index is 84.6. The third-order valence-electron chi connectivity index (χ3n) is 0.550. The Balaban J connectivity index is 3.05. The number of aliphatic hydroxyl groups is 1. The zero-order valence-corrected chi connectivity index (χ0v) is 4.84. The quantitative estimate of drug-likeness (QED) is 0.345. The van der Waals surface area contributed by atoms with Gasteiger partial charge in [0.1, 0.15) is 5.56 Å².